The van der Waals surface area contributed by atoms with Crippen LogP contribution in [0.5, 0.6) is 5.75 Å². The molecule has 0 unspecified atom stereocenters. The number of benzene rings is 1. The van der Waals surface area contributed by atoms with Crippen LogP contribution in [-0.4, -0.2) is 30.6 Å². The van der Waals surface area contributed by atoms with Crippen LogP contribution in [0.25, 0.3) is 0 Å². The van der Waals surface area contributed by atoms with Crippen LogP contribution in [0.15, 0.2) is 6.07 Å². The quantitative estimate of drug-likeness (QED) is 0.855. The highest BCUT2D eigenvalue weighted by molar-refractivity contribution is 6.33. The minimum absolute atomic E-state index is 0.0273. The molecule has 0 saturated carbocycles. The van der Waals surface area contributed by atoms with Gasteiger partial charge in [-0.2, -0.15) is 13.2 Å². The highest BCUT2D eigenvalue weighted by Crippen LogP contribution is 2.46. The average Bonchev–Trinajstić information content (AvgIpc) is 2.36. The molecule has 4 nitrogen and oxygen atoms in total. The molecule has 1 aliphatic rings. The van der Waals surface area contributed by atoms with E-state index >= 15 is 0 Å². The van der Waals surface area contributed by atoms with Gasteiger partial charge >= 0.3 is 12.1 Å². The molecule has 8 heteroatoms. The molecule has 1 aliphatic heterocycles. The predicted octanol–water partition coefficient (Wildman–Crippen LogP) is 2.40. The second kappa shape index (κ2) is 5.31. The molecular weight excluding hydrogens is 321 g/mol. The number of amides is 1. The van der Waals surface area contributed by atoms with Crippen LogP contribution in [0.1, 0.15) is 25.0 Å². The predicted molar refractivity (Wildman–Crippen MR) is 75.1 cm³/mol. The summed E-state index contributed by atoms with van der Waals surface area (Å²) >= 11 is 6.32. The minimum Gasteiger partial charge on any atom is -0.490 e. The number of alkyl halides is 3. The van der Waals surface area contributed by atoms with E-state index in [2.05, 4.69) is 5.73 Å². The number of halogens is 4. The van der Waals surface area contributed by atoms with Crippen molar-refractivity contribution in [1.82, 2.24) is 4.90 Å². The van der Waals surface area contributed by atoms with E-state index in [0.717, 1.165) is 10.5 Å². The van der Waals surface area contributed by atoms with Crippen LogP contribution in [0.2, 0.25) is 5.02 Å². The van der Waals surface area contributed by atoms with E-state index in [0.29, 0.717) is 17.0 Å². The van der Waals surface area contributed by atoms with Gasteiger partial charge in [-0.15, -0.1) is 0 Å². The number of carbonyl (C=O) groups is 1. The first kappa shape index (κ1) is 16.9. The summed E-state index contributed by atoms with van der Waals surface area (Å²) in [6.45, 7) is 3.06. The second-order valence-corrected chi connectivity index (χ2v) is 6.06. The van der Waals surface area contributed by atoms with Crippen molar-refractivity contribution >= 4 is 23.2 Å². The summed E-state index contributed by atoms with van der Waals surface area (Å²) in [5.41, 5.74) is 4.46. The molecule has 0 atom stereocenters. The van der Waals surface area contributed by atoms with Crippen molar-refractivity contribution in [1.29, 1.82) is 0 Å². The lowest BCUT2D eigenvalue weighted by atomic mass is 9.82. The average molecular weight is 338 g/mol. The van der Waals surface area contributed by atoms with Crippen molar-refractivity contribution in [2.75, 3.05) is 13.7 Å². The van der Waals surface area contributed by atoms with Crippen molar-refractivity contribution in [2.45, 2.75) is 32.0 Å². The number of quaternary nitrogens is 1. The van der Waals surface area contributed by atoms with Gasteiger partial charge in [0.05, 0.1) is 17.7 Å². The van der Waals surface area contributed by atoms with Gasteiger partial charge in [-0.1, -0.05) is 11.6 Å². The fourth-order valence-corrected chi connectivity index (χ4v) is 3.53. The van der Waals surface area contributed by atoms with Gasteiger partial charge in [0.1, 0.15) is 0 Å². The Kier molecular flexibility index (Phi) is 4.08. The number of fused-ring (bicyclic) bond motifs is 1. The maximum atomic E-state index is 12.8. The highest BCUT2D eigenvalue weighted by atomic mass is 35.5. The monoisotopic (exact) mass is 337 g/mol. The smallest absolute Gasteiger partial charge is 0.471 e. The molecule has 2 rings (SSSR count). The number of rotatable bonds is 1. The van der Waals surface area contributed by atoms with Crippen LogP contribution >= 0.6 is 11.6 Å². The topological polar surface area (TPSA) is 57.2 Å². The largest absolute Gasteiger partial charge is 0.490 e. The zero-order valence-corrected chi connectivity index (χ0v) is 13.2. The Balaban J connectivity index is 2.61. The molecule has 1 aromatic carbocycles. The molecule has 1 amide bonds. The number of ether oxygens (including phenoxy) is 1. The summed E-state index contributed by atoms with van der Waals surface area (Å²) in [4.78, 5) is 12.5. The maximum absolute atomic E-state index is 12.8. The van der Waals surface area contributed by atoms with E-state index in [1.54, 1.807) is 19.9 Å². The number of hydrogen-bond acceptors (Lipinski definition) is 2. The number of methoxy groups -OCH3 is 1. The van der Waals surface area contributed by atoms with E-state index in [1.165, 1.54) is 7.11 Å². The van der Waals surface area contributed by atoms with E-state index in [-0.39, 0.29) is 18.0 Å². The van der Waals surface area contributed by atoms with Gasteiger partial charge in [0.15, 0.2) is 11.4 Å². The molecule has 0 fully saturated rings. The van der Waals surface area contributed by atoms with Crippen LogP contribution in [0, 0.1) is 0 Å². The fourth-order valence-electron chi connectivity index (χ4n) is 2.98. The third kappa shape index (κ3) is 2.52. The number of nitrogens with zero attached hydrogens (tertiary/aromatic N) is 1. The first-order valence-electron chi connectivity index (χ1n) is 6.62. The summed E-state index contributed by atoms with van der Waals surface area (Å²) in [5.74, 6) is -1.55. The third-order valence-electron chi connectivity index (χ3n) is 3.96. The Hall–Kier alpha value is -1.47. The van der Waals surface area contributed by atoms with Gasteiger partial charge in [0.25, 0.3) is 0 Å². The lowest BCUT2D eigenvalue weighted by Crippen LogP contribution is -2.54. The third-order valence-corrected chi connectivity index (χ3v) is 4.32. The molecule has 3 N–H and O–H groups in total. The lowest BCUT2D eigenvalue weighted by Gasteiger charge is -2.44. The molecule has 22 heavy (non-hydrogen) atoms. The standard InChI is InChI=1S/C14H16ClF3N2O2/c1-13(2)9-7(6-8(19)11(22-3)10(9)15)4-5-20(13)12(21)14(16,17)18/h6H,4-5,19H2,1-3H3/p+1. The summed E-state index contributed by atoms with van der Waals surface area (Å²) in [6.07, 6.45) is -4.63. The van der Waals surface area contributed by atoms with Gasteiger partial charge in [0, 0.05) is 18.2 Å². The van der Waals surface area contributed by atoms with Gasteiger partial charge < -0.3 is 15.4 Å². The summed E-state index contributed by atoms with van der Waals surface area (Å²) in [6, 6.07) is 1.75. The fraction of sp³-hybridized carbons (Fsp3) is 0.500. The zero-order valence-electron chi connectivity index (χ0n) is 12.5. The molecular formula is C14H17ClF3N2O2+. The van der Waals surface area contributed by atoms with Crippen LogP contribution in [0.4, 0.5) is 18.9 Å². The first-order valence-corrected chi connectivity index (χ1v) is 7.00. The number of carbonyl (C=O) groups excluding carboxylic acids is 1. The van der Waals surface area contributed by atoms with Crippen molar-refractivity contribution in [2.24, 2.45) is 0 Å². The Morgan fingerprint density at radius 1 is 1.45 bits per heavy atom. The maximum Gasteiger partial charge on any atom is 0.471 e. The molecule has 0 spiro atoms. The molecule has 0 aromatic heterocycles. The lowest BCUT2D eigenvalue weighted by molar-refractivity contribution is -0.256. The van der Waals surface area contributed by atoms with E-state index in [4.69, 9.17) is 16.3 Å². The van der Waals surface area contributed by atoms with Crippen molar-refractivity contribution in [3.05, 3.63) is 22.2 Å². The molecule has 1 aromatic rings. The van der Waals surface area contributed by atoms with E-state index in [1.807, 2.05) is 0 Å². The molecule has 122 valence electrons. The zero-order chi connectivity index (χ0) is 16.9. The Morgan fingerprint density at radius 2 is 2.05 bits per heavy atom. The summed E-state index contributed by atoms with van der Waals surface area (Å²) < 4.78 is 43.6. The second-order valence-electron chi connectivity index (χ2n) is 5.68. The summed E-state index contributed by atoms with van der Waals surface area (Å²) in [7, 11) is 1.41. The Morgan fingerprint density at radius 3 is 2.55 bits per heavy atom. The van der Waals surface area contributed by atoms with Crippen molar-refractivity contribution in [3.8, 4) is 5.75 Å². The van der Waals surface area contributed by atoms with Crippen molar-refractivity contribution in [3.63, 3.8) is 0 Å². The number of hydrogen-bond donors (Lipinski definition) is 1. The SMILES string of the molecule is COc1c([NH3+])cc2c(c1Cl)C(C)(C)N(C(=O)C(F)(F)F)CC2. The van der Waals surface area contributed by atoms with E-state index < -0.39 is 17.6 Å². The van der Waals surface area contributed by atoms with E-state index in [9.17, 15) is 18.0 Å². The van der Waals surface area contributed by atoms with Gasteiger partial charge in [-0.05, 0) is 25.8 Å². The molecule has 0 aliphatic carbocycles. The molecule has 0 bridgehead atoms. The Bertz CT molecular complexity index is 629. The van der Waals surface area contributed by atoms with Gasteiger partial charge in [0.2, 0.25) is 0 Å². The Labute approximate surface area is 131 Å². The van der Waals surface area contributed by atoms with Gasteiger partial charge in [-0.25, -0.2) is 0 Å². The van der Waals surface area contributed by atoms with Crippen LogP contribution in [-0.2, 0) is 16.8 Å². The van der Waals surface area contributed by atoms with Crippen LogP contribution in [0.3, 0.4) is 0 Å². The molecule has 0 saturated heterocycles. The highest BCUT2D eigenvalue weighted by Gasteiger charge is 2.50. The van der Waals surface area contributed by atoms with Gasteiger partial charge in [-0.3, -0.25) is 4.79 Å². The normalized spacial score (nSPS) is 17.2. The minimum atomic E-state index is -4.92. The molecule has 0 radical (unpaired) electrons. The molecule has 1 heterocycles. The van der Waals surface area contributed by atoms with Crippen molar-refractivity contribution < 1.29 is 28.4 Å². The van der Waals surface area contributed by atoms with Crippen LogP contribution < -0.4 is 10.5 Å². The first-order chi connectivity index (χ1) is 10.0. The summed E-state index contributed by atoms with van der Waals surface area (Å²) in [5, 5.41) is 0.203.